The van der Waals surface area contributed by atoms with Crippen LogP contribution in [0.3, 0.4) is 0 Å². The van der Waals surface area contributed by atoms with Gasteiger partial charge in [-0.05, 0) is 13.0 Å². The van der Waals surface area contributed by atoms with E-state index in [0.29, 0.717) is 0 Å². The van der Waals surface area contributed by atoms with E-state index in [1.54, 1.807) is 0 Å². The first kappa shape index (κ1) is 11.3. The molecule has 0 fully saturated rings. The summed E-state index contributed by atoms with van der Waals surface area (Å²) in [5.41, 5.74) is 5.27. The molecule has 1 nitrogen and oxygen atoms in total. The Morgan fingerprint density at radius 2 is 1.75 bits per heavy atom. The fraction of sp³-hybridized carbons (Fsp3) is 1.00. The van der Waals surface area contributed by atoms with Crippen molar-refractivity contribution in [3.05, 3.63) is 0 Å². The molecule has 53 valence electrons. The normalized spacial score (nSPS) is 8.25. The molecule has 0 aromatic heterocycles. The monoisotopic (exact) mass is 160 g/mol. The largest absolute Gasteiger partial charge is 0.330 e. The number of hydrogen-bond acceptors (Lipinski definition) is 1. The molecule has 0 spiro atoms. The molecule has 0 saturated heterocycles. The third-order valence-electron chi connectivity index (χ3n) is 1.06. The van der Waals surface area contributed by atoms with Crippen molar-refractivity contribution < 1.29 is 16.8 Å². The molecule has 0 aromatic carbocycles. The van der Waals surface area contributed by atoms with E-state index in [4.69, 9.17) is 5.73 Å². The van der Waals surface area contributed by atoms with Gasteiger partial charge in [0, 0.05) is 16.8 Å². The molecule has 0 heterocycles. The summed E-state index contributed by atoms with van der Waals surface area (Å²) in [5, 5.41) is 0. The van der Waals surface area contributed by atoms with Crippen LogP contribution < -0.4 is 5.73 Å². The molecule has 2 N–H and O–H groups in total. The molecule has 8 heavy (non-hydrogen) atoms. The van der Waals surface area contributed by atoms with E-state index < -0.39 is 0 Å². The Bertz CT molecular complexity index is 27.7. The Labute approximate surface area is 62.2 Å². The van der Waals surface area contributed by atoms with E-state index in [9.17, 15) is 0 Å². The average molecular weight is 160 g/mol. The first-order valence-corrected chi connectivity index (χ1v) is 3.12. The van der Waals surface area contributed by atoms with Gasteiger partial charge in [-0.15, -0.1) is 0 Å². The van der Waals surface area contributed by atoms with E-state index in [1.165, 1.54) is 25.7 Å². The molecular weight excluding hydrogens is 145 g/mol. The number of rotatable bonds is 4. The minimum absolute atomic E-state index is 0. The van der Waals surface area contributed by atoms with E-state index in [2.05, 4.69) is 6.92 Å². The molecule has 0 aliphatic carbocycles. The van der Waals surface area contributed by atoms with Gasteiger partial charge >= 0.3 is 0 Å². The maximum absolute atomic E-state index is 5.27. The van der Waals surface area contributed by atoms with Crippen LogP contribution in [-0.2, 0) is 16.8 Å². The van der Waals surface area contributed by atoms with Crippen LogP contribution in [-0.4, -0.2) is 6.54 Å². The third kappa shape index (κ3) is 9.69. The summed E-state index contributed by atoms with van der Waals surface area (Å²) in [4.78, 5) is 0. The van der Waals surface area contributed by atoms with Gasteiger partial charge in [-0.2, -0.15) is 0 Å². The van der Waals surface area contributed by atoms with Gasteiger partial charge in [-0.3, -0.25) is 0 Å². The summed E-state index contributed by atoms with van der Waals surface area (Å²) in [6.07, 6.45) is 5.16. The van der Waals surface area contributed by atoms with Crippen molar-refractivity contribution in [1.82, 2.24) is 0 Å². The Morgan fingerprint density at radius 3 is 2.12 bits per heavy atom. The van der Waals surface area contributed by atoms with Gasteiger partial charge in [0.05, 0.1) is 0 Å². The standard InChI is InChI=1S/C6H15N.Co/c1-2-3-4-5-6-7;/h2-7H2,1H3;. The molecule has 0 atom stereocenters. The number of hydrogen-bond donors (Lipinski definition) is 1. The Balaban J connectivity index is 0. The van der Waals surface area contributed by atoms with Crippen molar-refractivity contribution in [3.8, 4) is 0 Å². The van der Waals surface area contributed by atoms with Crippen LogP contribution in [0.4, 0.5) is 0 Å². The fourth-order valence-electron chi connectivity index (χ4n) is 0.571. The first-order valence-electron chi connectivity index (χ1n) is 3.12. The molecule has 0 rings (SSSR count). The molecule has 0 bridgehead atoms. The zero-order valence-corrected chi connectivity index (χ0v) is 6.49. The molecule has 1 radical (unpaired) electrons. The van der Waals surface area contributed by atoms with Crippen molar-refractivity contribution in [1.29, 1.82) is 0 Å². The van der Waals surface area contributed by atoms with Gasteiger partial charge in [-0.25, -0.2) is 0 Å². The summed E-state index contributed by atoms with van der Waals surface area (Å²) in [7, 11) is 0. The summed E-state index contributed by atoms with van der Waals surface area (Å²) >= 11 is 0. The Hall–Kier alpha value is 0.466. The van der Waals surface area contributed by atoms with Crippen molar-refractivity contribution in [3.63, 3.8) is 0 Å². The SMILES string of the molecule is CCCCCCN.[Co]. The fourth-order valence-corrected chi connectivity index (χ4v) is 0.571. The van der Waals surface area contributed by atoms with Crippen LogP contribution in [0.1, 0.15) is 32.6 Å². The molecule has 0 unspecified atom stereocenters. The zero-order chi connectivity index (χ0) is 5.54. The second-order valence-electron chi connectivity index (χ2n) is 1.85. The van der Waals surface area contributed by atoms with Gasteiger partial charge in [-0.1, -0.05) is 26.2 Å². The second kappa shape index (κ2) is 10.4. The molecule has 0 aliphatic heterocycles. The maximum atomic E-state index is 5.27. The van der Waals surface area contributed by atoms with Crippen LogP contribution in [0.5, 0.6) is 0 Å². The van der Waals surface area contributed by atoms with Crippen LogP contribution >= 0.6 is 0 Å². The van der Waals surface area contributed by atoms with Gasteiger partial charge < -0.3 is 5.73 Å². The van der Waals surface area contributed by atoms with E-state index in [1.807, 2.05) is 0 Å². The Morgan fingerprint density at radius 1 is 1.12 bits per heavy atom. The maximum Gasteiger partial charge on any atom is 0 e. The zero-order valence-electron chi connectivity index (χ0n) is 5.45. The topological polar surface area (TPSA) is 26.0 Å². The summed E-state index contributed by atoms with van der Waals surface area (Å²) in [5.74, 6) is 0. The minimum Gasteiger partial charge on any atom is -0.330 e. The van der Waals surface area contributed by atoms with Gasteiger partial charge in [0.25, 0.3) is 0 Å². The quantitative estimate of drug-likeness (QED) is 0.620. The smallest absolute Gasteiger partial charge is 0 e. The minimum atomic E-state index is 0. The van der Waals surface area contributed by atoms with Gasteiger partial charge in [0.2, 0.25) is 0 Å². The van der Waals surface area contributed by atoms with Crippen molar-refractivity contribution >= 4 is 0 Å². The molecule has 0 aliphatic rings. The molecule has 0 aromatic rings. The Kier molecular flexibility index (Phi) is 14.7. The predicted octanol–water partition coefficient (Wildman–Crippen LogP) is 1.52. The van der Waals surface area contributed by atoms with Crippen LogP contribution in [0.25, 0.3) is 0 Å². The van der Waals surface area contributed by atoms with Gasteiger partial charge in [0.1, 0.15) is 0 Å². The molecular formula is C6H15CoN. The number of unbranched alkanes of at least 4 members (excludes halogenated alkanes) is 3. The average Bonchev–Trinajstić information content (AvgIpc) is 1.69. The van der Waals surface area contributed by atoms with Crippen molar-refractivity contribution in [2.45, 2.75) is 32.6 Å². The molecule has 0 amide bonds. The van der Waals surface area contributed by atoms with Crippen LogP contribution in [0.15, 0.2) is 0 Å². The summed E-state index contributed by atoms with van der Waals surface area (Å²) in [6, 6.07) is 0. The third-order valence-corrected chi connectivity index (χ3v) is 1.06. The second-order valence-corrected chi connectivity index (χ2v) is 1.85. The number of nitrogens with two attached hydrogens (primary N) is 1. The first-order chi connectivity index (χ1) is 3.41. The van der Waals surface area contributed by atoms with Crippen molar-refractivity contribution in [2.75, 3.05) is 6.54 Å². The van der Waals surface area contributed by atoms with Crippen LogP contribution in [0, 0.1) is 0 Å². The van der Waals surface area contributed by atoms with Crippen LogP contribution in [0.2, 0.25) is 0 Å². The molecule has 0 saturated carbocycles. The summed E-state index contributed by atoms with van der Waals surface area (Å²) < 4.78 is 0. The summed E-state index contributed by atoms with van der Waals surface area (Å²) in [6.45, 7) is 3.07. The molecule has 2 heteroatoms. The van der Waals surface area contributed by atoms with Gasteiger partial charge in [0.15, 0.2) is 0 Å². The van der Waals surface area contributed by atoms with E-state index in [-0.39, 0.29) is 16.8 Å². The van der Waals surface area contributed by atoms with Crippen molar-refractivity contribution in [2.24, 2.45) is 5.73 Å². The van der Waals surface area contributed by atoms with E-state index in [0.717, 1.165) is 6.54 Å². The predicted molar refractivity (Wildman–Crippen MR) is 33.2 cm³/mol. The van der Waals surface area contributed by atoms with E-state index >= 15 is 0 Å².